The van der Waals surface area contributed by atoms with E-state index in [1.807, 2.05) is 18.3 Å². The quantitative estimate of drug-likeness (QED) is 0.701. The Bertz CT molecular complexity index is 840. The number of nitrogens with zero attached hydrogens (tertiary/aromatic N) is 3. The Hall–Kier alpha value is -2.06. The Morgan fingerprint density at radius 2 is 1.93 bits per heavy atom. The van der Waals surface area contributed by atoms with E-state index < -0.39 is 11.9 Å². The minimum atomic E-state index is -4.48. The van der Waals surface area contributed by atoms with Crippen molar-refractivity contribution in [1.29, 1.82) is 0 Å². The van der Waals surface area contributed by atoms with Gasteiger partial charge in [0.25, 0.3) is 0 Å². The van der Waals surface area contributed by atoms with Crippen molar-refractivity contribution in [1.82, 2.24) is 20.3 Å². The van der Waals surface area contributed by atoms with Crippen LogP contribution in [0.1, 0.15) is 62.0 Å². The highest BCUT2D eigenvalue weighted by Crippen LogP contribution is 2.49. The Morgan fingerprint density at radius 3 is 2.67 bits per heavy atom. The summed E-state index contributed by atoms with van der Waals surface area (Å²) in [6.07, 6.45) is 6.75. The molecule has 2 aromatic rings. The van der Waals surface area contributed by atoms with Gasteiger partial charge >= 0.3 is 6.18 Å². The molecule has 8 heteroatoms. The smallest absolute Gasteiger partial charge is 0.375 e. The van der Waals surface area contributed by atoms with Gasteiger partial charge in [-0.25, -0.2) is 4.98 Å². The van der Waals surface area contributed by atoms with E-state index in [0.717, 1.165) is 50.6 Å². The Kier molecular flexibility index (Phi) is 6.06. The zero-order valence-corrected chi connectivity index (χ0v) is 16.9. The maximum Gasteiger partial charge on any atom is 0.434 e. The number of alkyl halides is 3. The molecule has 1 saturated carbocycles. The van der Waals surface area contributed by atoms with Gasteiger partial charge in [-0.15, -0.1) is 0 Å². The molecule has 1 aliphatic carbocycles. The van der Waals surface area contributed by atoms with Gasteiger partial charge < -0.3 is 10.1 Å². The highest BCUT2D eigenvalue weighted by atomic mass is 19.4. The normalized spacial score (nSPS) is 23.7. The predicted molar refractivity (Wildman–Crippen MR) is 106 cm³/mol. The van der Waals surface area contributed by atoms with E-state index in [4.69, 9.17) is 4.74 Å². The van der Waals surface area contributed by atoms with Crippen LogP contribution in [-0.4, -0.2) is 33.7 Å². The summed E-state index contributed by atoms with van der Waals surface area (Å²) in [5.74, 6) is 0. The van der Waals surface area contributed by atoms with E-state index in [9.17, 15) is 13.2 Å². The summed E-state index contributed by atoms with van der Waals surface area (Å²) in [6, 6.07) is 6.03. The van der Waals surface area contributed by atoms with Crippen LogP contribution in [0.4, 0.5) is 13.2 Å². The molecule has 0 bridgehead atoms. The van der Waals surface area contributed by atoms with Crippen LogP contribution in [0.2, 0.25) is 0 Å². The molecule has 1 N–H and O–H groups in total. The Balaban J connectivity index is 1.43. The van der Waals surface area contributed by atoms with Crippen LogP contribution in [0.25, 0.3) is 0 Å². The number of ether oxygens (including phenoxy) is 1. The van der Waals surface area contributed by atoms with E-state index in [1.54, 1.807) is 0 Å². The molecule has 2 aliphatic rings. The third-order valence-electron chi connectivity index (χ3n) is 6.43. The highest BCUT2D eigenvalue weighted by molar-refractivity contribution is 5.20. The molecule has 4 rings (SSSR count). The summed E-state index contributed by atoms with van der Waals surface area (Å²) in [7, 11) is 0. The van der Waals surface area contributed by atoms with Crippen LogP contribution >= 0.6 is 0 Å². The first-order valence-corrected chi connectivity index (χ1v) is 10.6. The number of pyridine rings is 1. The summed E-state index contributed by atoms with van der Waals surface area (Å²) in [5, 5.41) is 3.26. The maximum atomic E-state index is 12.8. The fourth-order valence-electron chi connectivity index (χ4n) is 4.97. The molecule has 3 heterocycles. The number of hydrogen-bond donors (Lipinski definition) is 1. The van der Waals surface area contributed by atoms with Gasteiger partial charge in [-0.1, -0.05) is 18.9 Å². The van der Waals surface area contributed by atoms with Crippen molar-refractivity contribution in [3.8, 4) is 0 Å². The van der Waals surface area contributed by atoms with Gasteiger partial charge in [-0.2, -0.15) is 13.2 Å². The zero-order chi connectivity index (χ0) is 21.1. The molecule has 0 aromatic carbocycles. The SMILES string of the molecule is FC(F)(F)c1cncc(CNCC[C@@]2(c3ccccn3)CCOC3(CCCC3)C2)n1. The second-order valence-electron chi connectivity index (χ2n) is 8.48. The second kappa shape index (κ2) is 8.59. The molecule has 1 aliphatic heterocycles. The minimum Gasteiger partial charge on any atom is -0.375 e. The van der Waals surface area contributed by atoms with E-state index in [-0.39, 0.29) is 23.3 Å². The maximum absolute atomic E-state index is 12.8. The first-order chi connectivity index (χ1) is 14.4. The first kappa shape index (κ1) is 21.2. The molecule has 5 nitrogen and oxygen atoms in total. The topological polar surface area (TPSA) is 59.9 Å². The lowest BCUT2D eigenvalue weighted by atomic mass is 9.68. The minimum absolute atomic E-state index is 0.0533. The summed E-state index contributed by atoms with van der Waals surface area (Å²) < 4.78 is 44.8. The number of rotatable bonds is 6. The van der Waals surface area contributed by atoms with Crippen LogP contribution < -0.4 is 5.32 Å². The summed E-state index contributed by atoms with van der Waals surface area (Å²) in [5.41, 5.74) is 0.272. The van der Waals surface area contributed by atoms with Crippen LogP contribution in [0, 0.1) is 0 Å². The lowest BCUT2D eigenvalue weighted by molar-refractivity contribution is -0.141. The van der Waals surface area contributed by atoms with Crippen LogP contribution in [0.15, 0.2) is 36.8 Å². The predicted octanol–water partition coefficient (Wildman–Crippen LogP) is 4.43. The van der Waals surface area contributed by atoms with Gasteiger partial charge in [0.15, 0.2) is 5.69 Å². The van der Waals surface area contributed by atoms with Gasteiger partial charge in [0, 0.05) is 36.7 Å². The number of nitrogens with one attached hydrogen (secondary N) is 1. The van der Waals surface area contributed by atoms with E-state index in [0.29, 0.717) is 6.54 Å². The second-order valence-corrected chi connectivity index (χ2v) is 8.48. The molecule has 0 amide bonds. The third kappa shape index (κ3) is 4.64. The van der Waals surface area contributed by atoms with Gasteiger partial charge in [-0.05, 0) is 50.8 Å². The molecule has 1 spiro atoms. The van der Waals surface area contributed by atoms with Crippen molar-refractivity contribution in [2.75, 3.05) is 13.2 Å². The third-order valence-corrected chi connectivity index (χ3v) is 6.43. The molecule has 2 fully saturated rings. The lowest BCUT2D eigenvalue weighted by Crippen LogP contribution is -2.47. The number of halogens is 3. The highest BCUT2D eigenvalue weighted by Gasteiger charge is 2.48. The number of hydrogen-bond acceptors (Lipinski definition) is 5. The summed E-state index contributed by atoms with van der Waals surface area (Å²) in [6.45, 7) is 1.62. The summed E-state index contributed by atoms with van der Waals surface area (Å²) in [4.78, 5) is 12.0. The van der Waals surface area contributed by atoms with Crippen molar-refractivity contribution in [3.05, 3.63) is 53.9 Å². The van der Waals surface area contributed by atoms with Crippen molar-refractivity contribution in [3.63, 3.8) is 0 Å². The fourth-order valence-corrected chi connectivity index (χ4v) is 4.97. The molecule has 2 aromatic heterocycles. The molecule has 30 heavy (non-hydrogen) atoms. The van der Waals surface area contributed by atoms with Crippen molar-refractivity contribution in [2.45, 2.75) is 68.7 Å². The van der Waals surface area contributed by atoms with Gasteiger partial charge in [0.1, 0.15) is 0 Å². The Labute approximate surface area is 174 Å². The first-order valence-electron chi connectivity index (χ1n) is 10.6. The van der Waals surface area contributed by atoms with Crippen molar-refractivity contribution < 1.29 is 17.9 Å². The van der Waals surface area contributed by atoms with E-state index in [1.165, 1.54) is 19.0 Å². The number of aromatic nitrogens is 3. The molecule has 1 saturated heterocycles. The largest absolute Gasteiger partial charge is 0.434 e. The van der Waals surface area contributed by atoms with Crippen LogP contribution in [0.5, 0.6) is 0 Å². The molecular weight excluding hydrogens is 393 g/mol. The van der Waals surface area contributed by atoms with Crippen LogP contribution in [-0.2, 0) is 22.9 Å². The Morgan fingerprint density at radius 1 is 1.10 bits per heavy atom. The van der Waals surface area contributed by atoms with Gasteiger partial charge in [0.05, 0.1) is 17.5 Å². The zero-order valence-electron chi connectivity index (χ0n) is 16.9. The monoisotopic (exact) mass is 420 g/mol. The van der Waals surface area contributed by atoms with Gasteiger partial charge in [-0.3, -0.25) is 9.97 Å². The van der Waals surface area contributed by atoms with Crippen LogP contribution in [0.3, 0.4) is 0 Å². The standard InChI is InChI=1S/C22H27F3N4O/c23-22(24,25)19-15-27-14-17(29-19)13-26-11-8-20(18-5-1-4-10-28-18)9-12-30-21(16-20)6-2-3-7-21/h1,4-5,10,14-15,26H,2-3,6-9,11-13,16H2/t20-/m1/s1. The molecule has 0 unspecified atom stereocenters. The average Bonchev–Trinajstić information content (AvgIpc) is 3.19. The molecular formula is C22H27F3N4O. The fraction of sp³-hybridized carbons (Fsp3) is 0.591. The molecule has 1 atom stereocenters. The van der Waals surface area contributed by atoms with Crippen molar-refractivity contribution >= 4 is 0 Å². The molecule has 162 valence electrons. The van der Waals surface area contributed by atoms with Crippen molar-refractivity contribution in [2.24, 2.45) is 0 Å². The lowest BCUT2D eigenvalue weighted by Gasteiger charge is -2.46. The van der Waals surface area contributed by atoms with E-state index >= 15 is 0 Å². The van der Waals surface area contributed by atoms with E-state index in [2.05, 4.69) is 26.3 Å². The average molecular weight is 420 g/mol. The van der Waals surface area contributed by atoms with Gasteiger partial charge in [0.2, 0.25) is 0 Å². The summed E-state index contributed by atoms with van der Waals surface area (Å²) >= 11 is 0. The molecule has 0 radical (unpaired) electrons.